The third-order valence-corrected chi connectivity index (χ3v) is 1.46. The number of aliphatic hydroxyl groups excluding tert-OH is 1. The van der Waals surface area contributed by atoms with E-state index in [0.29, 0.717) is 11.6 Å². The summed E-state index contributed by atoms with van der Waals surface area (Å²) < 4.78 is 4.91. The highest BCUT2D eigenvalue weighted by Gasteiger charge is 2.04. The van der Waals surface area contributed by atoms with Crippen molar-refractivity contribution in [1.82, 2.24) is 9.97 Å². The van der Waals surface area contributed by atoms with Gasteiger partial charge in [-0.25, -0.2) is 4.98 Å². The number of aryl methyl sites for hydroxylation is 1. The predicted octanol–water partition coefficient (Wildman–Crippen LogP) is 0.238. The van der Waals surface area contributed by atoms with Gasteiger partial charge in [0.15, 0.2) is 0 Å². The van der Waals surface area contributed by atoms with Crippen LogP contribution in [-0.4, -0.2) is 29.3 Å². The molecule has 0 amide bonds. The number of methoxy groups -OCH3 is 1. The van der Waals surface area contributed by atoms with Gasteiger partial charge in [0, 0.05) is 7.11 Å². The number of ether oxygens (including phenoxy) is 1. The van der Waals surface area contributed by atoms with Crippen LogP contribution in [-0.2, 0) is 6.42 Å². The highest BCUT2D eigenvalue weighted by Crippen LogP contribution is 2.19. The van der Waals surface area contributed by atoms with E-state index in [1.165, 1.54) is 13.4 Å². The Bertz CT molecular complexity index is 231. The number of nitrogens with two attached hydrogens (primary N) is 1. The Morgan fingerprint density at radius 1 is 1.46 bits per heavy atom. The summed E-state index contributed by atoms with van der Waals surface area (Å²) in [5, 5.41) is 7.00. The van der Waals surface area contributed by atoms with Crippen molar-refractivity contribution >= 4 is 5.69 Å². The van der Waals surface area contributed by atoms with Gasteiger partial charge >= 0.3 is 0 Å². The van der Waals surface area contributed by atoms with Crippen LogP contribution in [0.1, 0.15) is 12.6 Å². The first-order chi connectivity index (χ1) is 6.29. The van der Waals surface area contributed by atoms with Crippen LogP contribution in [0.15, 0.2) is 6.33 Å². The average molecular weight is 185 g/mol. The molecule has 5 heteroatoms. The number of hydrogen-bond donors (Lipinski definition) is 2. The first kappa shape index (κ1) is 11.6. The normalized spacial score (nSPS) is 8.62. The molecule has 3 N–H and O–H groups in total. The molecular weight excluding hydrogens is 170 g/mol. The standard InChI is InChI=1S/C7H11N3O.CH4O/c1-3-5-6(8)7(11-2)10-4-9-5;1-2/h4H,3,8H2,1-2H3;2H,1H3. The van der Waals surface area contributed by atoms with Crippen LogP contribution in [0.5, 0.6) is 5.88 Å². The molecule has 0 aliphatic carbocycles. The van der Waals surface area contributed by atoms with Gasteiger partial charge in [0.25, 0.3) is 0 Å². The van der Waals surface area contributed by atoms with Gasteiger partial charge in [-0.05, 0) is 6.42 Å². The minimum Gasteiger partial charge on any atom is -0.479 e. The number of anilines is 1. The predicted molar refractivity (Wildman–Crippen MR) is 50.5 cm³/mol. The zero-order valence-corrected chi connectivity index (χ0v) is 8.11. The summed E-state index contributed by atoms with van der Waals surface area (Å²) >= 11 is 0. The van der Waals surface area contributed by atoms with Crippen LogP contribution >= 0.6 is 0 Å². The lowest BCUT2D eigenvalue weighted by Gasteiger charge is -2.04. The fourth-order valence-corrected chi connectivity index (χ4v) is 0.858. The molecule has 74 valence electrons. The van der Waals surface area contributed by atoms with Crippen molar-refractivity contribution in [2.75, 3.05) is 20.0 Å². The number of aromatic nitrogens is 2. The molecule has 1 aromatic rings. The van der Waals surface area contributed by atoms with E-state index < -0.39 is 0 Å². The lowest BCUT2D eigenvalue weighted by atomic mass is 10.3. The second kappa shape index (κ2) is 6.19. The SMILES string of the molecule is CCc1ncnc(OC)c1N.CO. The van der Waals surface area contributed by atoms with E-state index in [9.17, 15) is 0 Å². The molecular formula is C8H15N3O2. The van der Waals surface area contributed by atoms with Gasteiger partial charge in [0.05, 0.1) is 12.8 Å². The number of rotatable bonds is 2. The van der Waals surface area contributed by atoms with E-state index >= 15 is 0 Å². The van der Waals surface area contributed by atoms with Gasteiger partial charge in [0.2, 0.25) is 5.88 Å². The Kier molecular flexibility index (Phi) is 5.54. The smallest absolute Gasteiger partial charge is 0.240 e. The highest BCUT2D eigenvalue weighted by molar-refractivity contribution is 5.51. The first-order valence-corrected chi connectivity index (χ1v) is 3.87. The van der Waals surface area contributed by atoms with E-state index in [2.05, 4.69) is 9.97 Å². The van der Waals surface area contributed by atoms with Gasteiger partial charge in [-0.2, -0.15) is 4.98 Å². The van der Waals surface area contributed by atoms with E-state index in [4.69, 9.17) is 15.6 Å². The van der Waals surface area contributed by atoms with Crippen molar-refractivity contribution < 1.29 is 9.84 Å². The van der Waals surface area contributed by atoms with Gasteiger partial charge in [-0.3, -0.25) is 0 Å². The molecule has 0 aliphatic rings. The van der Waals surface area contributed by atoms with Crippen LogP contribution in [0, 0.1) is 0 Å². The molecule has 0 aliphatic heterocycles. The van der Waals surface area contributed by atoms with Crippen molar-refractivity contribution in [1.29, 1.82) is 0 Å². The molecule has 0 unspecified atom stereocenters. The Balaban J connectivity index is 0.000000671. The largest absolute Gasteiger partial charge is 0.479 e. The third-order valence-electron chi connectivity index (χ3n) is 1.46. The lowest BCUT2D eigenvalue weighted by Crippen LogP contribution is -2.01. The number of hydrogen-bond acceptors (Lipinski definition) is 5. The second-order valence-electron chi connectivity index (χ2n) is 2.10. The van der Waals surface area contributed by atoms with Crippen LogP contribution in [0.2, 0.25) is 0 Å². The van der Waals surface area contributed by atoms with Crippen molar-refractivity contribution in [3.63, 3.8) is 0 Å². The molecule has 1 rings (SSSR count). The van der Waals surface area contributed by atoms with E-state index in [1.54, 1.807) is 0 Å². The maximum atomic E-state index is 7.00. The van der Waals surface area contributed by atoms with Crippen molar-refractivity contribution in [2.24, 2.45) is 0 Å². The summed E-state index contributed by atoms with van der Waals surface area (Å²) in [6, 6.07) is 0. The maximum Gasteiger partial charge on any atom is 0.240 e. The molecule has 0 radical (unpaired) electrons. The van der Waals surface area contributed by atoms with Crippen LogP contribution < -0.4 is 10.5 Å². The maximum absolute atomic E-state index is 7.00. The molecule has 1 aromatic heterocycles. The molecule has 0 aromatic carbocycles. The monoisotopic (exact) mass is 185 g/mol. The van der Waals surface area contributed by atoms with Gasteiger partial charge < -0.3 is 15.6 Å². The number of nitrogen functional groups attached to an aromatic ring is 1. The average Bonchev–Trinajstić information content (AvgIpc) is 2.21. The van der Waals surface area contributed by atoms with Crippen molar-refractivity contribution in [3.05, 3.63) is 12.0 Å². The Morgan fingerprint density at radius 2 is 2.08 bits per heavy atom. The molecule has 0 saturated heterocycles. The Hall–Kier alpha value is -1.36. The lowest BCUT2D eigenvalue weighted by molar-refractivity contribution is 0.398. The molecule has 5 nitrogen and oxygen atoms in total. The summed E-state index contributed by atoms with van der Waals surface area (Å²) in [5.74, 6) is 0.455. The summed E-state index contributed by atoms with van der Waals surface area (Å²) in [5.41, 5.74) is 7.02. The van der Waals surface area contributed by atoms with Gasteiger partial charge in [0.1, 0.15) is 12.0 Å². The second-order valence-corrected chi connectivity index (χ2v) is 2.10. The number of nitrogens with zero attached hydrogens (tertiary/aromatic N) is 2. The summed E-state index contributed by atoms with van der Waals surface area (Å²) in [7, 11) is 2.54. The number of aliphatic hydroxyl groups is 1. The van der Waals surface area contributed by atoms with Gasteiger partial charge in [-0.15, -0.1) is 0 Å². The quantitative estimate of drug-likeness (QED) is 0.689. The fourth-order valence-electron chi connectivity index (χ4n) is 0.858. The topological polar surface area (TPSA) is 81.3 Å². The third kappa shape index (κ3) is 2.87. The highest BCUT2D eigenvalue weighted by atomic mass is 16.5. The van der Waals surface area contributed by atoms with Crippen LogP contribution in [0.25, 0.3) is 0 Å². The summed E-state index contributed by atoms with van der Waals surface area (Å²) in [6.45, 7) is 1.98. The zero-order valence-electron chi connectivity index (χ0n) is 8.11. The Labute approximate surface area is 77.6 Å². The fraction of sp³-hybridized carbons (Fsp3) is 0.500. The van der Waals surface area contributed by atoms with Gasteiger partial charge in [-0.1, -0.05) is 6.92 Å². The van der Waals surface area contributed by atoms with Crippen LogP contribution in [0.4, 0.5) is 5.69 Å². The molecule has 0 atom stereocenters. The van der Waals surface area contributed by atoms with E-state index in [-0.39, 0.29) is 0 Å². The van der Waals surface area contributed by atoms with Crippen molar-refractivity contribution in [3.8, 4) is 5.88 Å². The van der Waals surface area contributed by atoms with E-state index in [0.717, 1.165) is 19.2 Å². The minimum atomic E-state index is 0.455. The molecule has 0 saturated carbocycles. The zero-order chi connectivity index (χ0) is 10.3. The molecule has 1 heterocycles. The molecule has 13 heavy (non-hydrogen) atoms. The minimum absolute atomic E-state index is 0.455. The molecule has 0 bridgehead atoms. The van der Waals surface area contributed by atoms with E-state index in [1.807, 2.05) is 6.92 Å². The van der Waals surface area contributed by atoms with Crippen molar-refractivity contribution in [2.45, 2.75) is 13.3 Å². The van der Waals surface area contributed by atoms with Crippen LogP contribution in [0.3, 0.4) is 0 Å². The molecule has 0 spiro atoms. The summed E-state index contributed by atoms with van der Waals surface area (Å²) in [6.07, 6.45) is 2.25. The summed E-state index contributed by atoms with van der Waals surface area (Å²) in [4.78, 5) is 7.84. The first-order valence-electron chi connectivity index (χ1n) is 3.87. The molecule has 0 fully saturated rings. The Morgan fingerprint density at radius 3 is 2.54 bits per heavy atom.